The highest BCUT2D eigenvalue weighted by molar-refractivity contribution is 8.22. The second kappa shape index (κ2) is 5.95. The van der Waals surface area contributed by atoms with E-state index < -0.39 is 0 Å². The largest absolute Gasteiger partial charge is 0.215 e. The molecule has 0 spiro atoms. The molecule has 4 heteroatoms. The van der Waals surface area contributed by atoms with Crippen molar-refractivity contribution in [2.45, 2.75) is 44.6 Å². The van der Waals surface area contributed by atoms with Crippen molar-refractivity contribution in [1.29, 1.82) is 0 Å². The Morgan fingerprint density at radius 1 is 1.13 bits per heavy atom. The van der Waals surface area contributed by atoms with Gasteiger partial charge in [0.1, 0.15) is 0 Å². The first-order chi connectivity index (χ1) is 7.35. The minimum Gasteiger partial charge on any atom is -0.215 e. The first-order valence-corrected chi connectivity index (χ1v) is 8.74. The van der Waals surface area contributed by atoms with Crippen LogP contribution < -0.4 is 0 Å². The molecular formula is C11H22B2S2. The quantitative estimate of drug-likeness (QED) is 0.517. The van der Waals surface area contributed by atoms with E-state index in [0.29, 0.717) is 0 Å². The lowest BCUT2D eigenvalue weighted by molar-refractivity contribution is 0.336. The van der Waals surface area contributed by atoms with Crippen molar-refractivity contribution in [2.24, 2.45) is 17.8 Å². The van der Waals surface area contributed by atoms with Crippen molar-refractivity contribution in [1.82, 2.24) is 0 Å². The van der Waals surface area contributed by atoms with Gasteiger partial charge in [0.15, 0.2) is 13.1 Å². The molecule has 0 heterocycles. The molecule has 2 bridgehead atoms. The molecule has 0 aromatic rings. The van der Waals surface area contributed by atoms with Crippen molar-refractivity contribution in [3.8, 4) is 0 Å². The first kappa shape index (κ1) is 12.3. The maximum atomic E-state index is 2.32. The topological polar surface area (TPSA) is 0 Å². The summed E-state index contributed by atoms with van der Waals surface area (Å²) in [6.07, 6.45) is 6.18. The Labute approximate surface area is 104 Å². The lowest BCUT2D eigenvalue weighted by Gasteiger charge is -2.29. The van der Waals surface area contributed by atoms with Gasteiger partial charge < -0.3 is 0 Å². The van der Waals surface area contributed by atoms with Crippen LogP contribution in [0.4, 0.5) is 0 Å². The second-order valence-electron chi connectivity index (χ2n) is 4.98. The molecule has 84 valence electrons. The van der Waals surface area contributed by atoms with Crippen molar-refractivity contribution in [3.05, 3.63) is 0 Å². The fourth-order valence-corrected chi connectivity index (χ4v) is 5.72. The summed E-state index contributed by atoms with van der Waals surface area (Å²) in [5, 5.41) is 1.03. The molecule has 0 aliphatic heterocycles. The van der Waals surface area contributed by atoms with Crippen LogP contribution in [0.1, 0.15) is 25.7 Å². The normalized spacial score (nSPS) is 38.3. The molecular weight excluding hydrogens is 218 g/mol. The van der Waals surface area contributed by atoms with E-state index in [9.17, 15) is 0 Å². The molecule has 0 aromatic heterocycles. The zero-order chi connectivity index (χ0) is 10.7. The predicted molar refractivity (Wildman–Crippen MR) is 78.8 cm³/mol. The highest BCUT2D eigenvalue weighted by Crippen LogP contribution is 2.53. The predicted octanol–water partition coefficient (Wildman–Crippen LogP) is 3.06. The molecule has 0 radical (unpaired) electrons. The molecule has 4 atom stereocenters. The minimum absolute atomic E-state index is 1.03. The van der Waals surface area contributed by atoms with Gasteiger partial charge in [0.2, 0.25) is 0 Å². The number of rotatable bonds is 6. The summed E-state index contributed by atoms with van der Waals surface area (Å²) in [5.41, 5.74) is 0. The number of hydrogen-bond donors (Lipinski definition) is 0. The fraction of sp³-hybridized carbons (Fsp3) is 1.00. The summed E-state index contributed by atoms with van der Waals surface area (Å²) >= 11 is 4.37. The van der Waals surface area contributed by atoms with Crippen molar-refractivity contribution in [3.63, 3.8) is 0 Å². The Balaban J connectivity index is 1.77. The third-order valence-corrected chi connectivity index (χ3v) is 6.34. The van der Waals surface area contributed by atoms with E-state index in [-0.39, 0.29) is 0 Å². The van der Waals surface area contributed by atoms with Gasteiger partial charge in [0, 0.05) is 0 Å². The van der Waals surface area contributed by atoms with Gasteiger partial charge in [-0.2, -0.15) is 0 Å². The third-order valence-electron chi connectivity index (χ3n) is 4.11. The molecule has 2 rings (SSSR count). The Morgan fingerprint density at radius 3 is 2.67 bits per heavy atom. The number of fused-ring (bicyclic) bond motifs is 2. The van der Waals surface area contributed by atoms with Crippen molar-refractivity contribution < 1.29 is 0 Å². The highest BCUT2D eigenvalue weighted by atomic mass is 32.2. The van der Waals surface area contributed by atoms with Gasteiger partial charge in [-0.3, -0.25) is 0 Å². The summed E-state index contributed by atoms with van der Waals surface area (Å²) in [4.78, 5) is 0. The van der Waals surface area contributed by atoms with Crippen molar-refractivity contribution >= 4 is 36.3 Å². The van der Waals surface area contributed by atoms with Crippen LogP contribution in [-0.2, 0) is 0 Å². The summed E-state index contributed by atoms with van der Waals surface area (Å²) in [7, 11) is 0. The summed E-state index contributed by atoms with van der Waals surface area (Å²) in [6.45, 7) is 7.22. The Bertz CT molecular complexity index is 201. The van der Waals surface area contributed by atoms with Gasteiger partial charge >= 0.3 is 0 Å². The fourth-order valence-electron chi connectivity index (χ4n) is 3.54. The SMILES string of the molecule is CBSCCC1CC2CC(SBC)C1C2. The van der Waals surface area contributed by atoms with E-state index in [1.54, 1.807) is 19.3 Å². The highest BCUT2D eigenvalue weighted by Gasteiger charge is 2.45. The average Bonchev–Trinajstić information content (AvgIpc) is 2.78. The van der Waals surface area contributed by atoms with Gasteiger partial charge in [-0.25, -0.2) is 23.2 Å². The monoisotopic (exact) mass is 240 g/mol. The molecule has 0 N–H and O–H groups in total. The van der Waals surface area contributed by atoms with E-state index in [1.807, 2.05) is 0 Å². The van der Waals surface area contributed by atoms with Crippen LogP contribution in [0.2, 0.25) is 13.6 Å². The van der Waals surface area contributed by atoms with Crippen LogP contribution in [0.3, 0.4) is 0 Å². The van der Waals surface area contributed by atoms with Gasteiger partial charge in [0.25, 0.3) is 0 Å². The zero-order valence-corrected chi connectivity index (χ0v) is 11.7. The van der Waals surface area contributed by atoms with E-state index in [2.05, 4.69) is 36.9 Å². The second-order valence-corrected chi connectivity index (χ2v) is 7.89. The van der Waals surface area contributed by atoms with E-state index in [1.165, 1.54) is 25.3 Å². The molecule has 15 heavy (non-hydrogen) atoms. The summed E-state index contributed by atoms with van der Waals surface area (Å²) < 4.78 is 0. The molecule has 0 amide bonds. The molecule has 2 aliphatic rings. The molecule has 2 saturated carbocycles. The smallest absolute Gasteiger partial charge is 0.188 e. The molecule has 4 unspecified atom stereocenters. The van der Waals surface area contributed by atoms with Crippen LogP contribution in [0.15, 0.2) is 0 Å². The minimum atomic E-state index is 1.03. The Kier molecular flexibility index (Phi) is 4.88. The average molecular weight is 240 g/mol. The Hall–Kier alpha value is 0.830. The maximum absolute atomic E-state index is 2.32. The van der Waals surface area contributed by atoms with Crippen molar-refractivity contribution in [2.75, 3.05) is 5.75 Å². The number of hydrogen-bond acceptors (Lipinski definition) is 2. The molecule has 0 aromatic carbocycles. The van der Waals surface area contributed by atoms with E-state index in [0.717, 1.165) is 23.0 Å². The lowest BCUT2D eigenvalue weighted by Crippen LogP contribution is -2.23. The standard InChI is InChI=1S/C11H22B2S2/c1-12-14-4-3-9-5-8-6-10(9)11(7-8)15-13-2/h8-13H,3-7H2,1-2H3. The van der Waals surface area contributed by atoms with Gasteiger partial charge in [-0.05, 0) is 54.4 Å². The summed E-state index contributed by atoms with van der Waals surface area (Å²) in [5.74, 6) is 4.70. The maximum Gasteiger partial charge on any atom is 0.188 e. The van der Waals surface area contributed by atoms with Crippen LogP contribution in [0, 0.1) is 17.8 Å². The van der Waals surface area contributed by atoms with Crippen LogP contribution in [0.25, 0.3) is 0 Å². The van der Waals surface area contributed by atoms with E-state index >= 15 is 0 Å². The molecule has 0 saturated heterocycles. The molecule has 0 nitrogen and oxygen atoms in total. The zero-order valence-electron chi connectivity index (χ0n) is 10.1. The van der Waals surface area contributed by atoms with Gasteiger partial charge in [-0.15, -0.1) is 0 Å². The summed E-state index contributed by atoms with van der Waals surface area (Å²) in [6, 6.07) is 0. The molecule has 2 aliphatic carbocycles. The van der Waals surface area contributed by atoms with Gasteiger partial charge in [-0.1, -0.05) is 13.6 Å². The van der Waals surface area contributed by atoms with Crippen LogP contribution in [0.5, 0.6) is 0 Å². The van der Waals surface area contributed by atoms with Crippen LogP contribution >= 0.6 is 23.2 Å². The lowest BCUT2D eigenvalue weighted by atomic mass is 9.86. The van der Waals surface area contributed by atoms with Crippen LogP contribution in [-0.4, -0.2) is 24.1 Å². The third kappa shape index (κ3) is 2.94. The van der Waals surface area contributed by atoms with Gasteiger partial charge in [0.05, 0.1) is 0 Å². The molecule has 2 fully saturated rings. The Morgan fingerprint density at radius 2 is 2.00 bits per heavy atom. The first-order valence-electron chi connectivity index (χ1n) is 6.54. The van der Waals surface area contributed by atoms with E-state index in [4.69, 9.17) is 0 Å².